The van der Waals surface area contributed by atoms with E-state index < -0.39 is 11.6 Å². The van der Waals surface area contributed by atoms with Gasteiger partial charge in [-0.2, -0.15) is 0 Å². The standard InChI is InChI=1S/C19H18FNO5/c1-24-7-6-18(22)21-15-11-17-16(25-8-9-26-17)10-13(15)19(23)12-4-2-3-5-14(12)20/h2-5,10-11H,6-9H2,1H3,(H,21,22). The third-order valence-corrected chi connectivity index (χ3v) is 3.85. The summed E-state index contributed by atoms with van der Waals surface area (Å²) in [5.41, 5.74) is 0.283. The monoisotopic (exact) mass is 359 g/mol. The van der Waals surface area contributed by atoms with Crippen molar-refractivity contribution in [1.29, 1.82) is 0 Å². The molecule has 1 aliphatic heterocycles. The number of carbonyl (C=O) groups is 2. The normalized spacial score (nSPS) is 12.5. The van der Waals surface area contributed by atoms with E-state index in [9.17, 15) is 14.0 Å². The minimum absolute atomic E-state index is 0.0865. The van der Waals surface area contributed by atoms with Crippen LogP contribution >= 0.6 is 0 Å². The van der Waals surface area contributed by atoms with Crippen LogP contribution in [0.15, 0.2) is 36.4 Å². The summed E-state index contributed by atoms with van der Waals surface area (Å²) in [5.74, 6) is -0.716. The molecule has 136 valence electrons. The number of rotatable bonds is 6. The number of hydrogen-bond donors (Lipinski definition) is 1. The number of fused-ring (bicyclic) bond motifs is 1. The van der Waals surface area contributed by atoms with Crippen molar-refractivity contribution in [2.24, 2.45) is 0 Å². The van der Waals surface area contributed by atoms with Crippen molar-refractivity contribution in [2.75, 3.05) is 32.2 Å². The number of anilines is 1. The molecule has 1 N–H and O–H groups in total. The molecule has 1 amide bonds. The molecule has 0 unspecified atom stereocenters. The molecular weight excluding hydrogens is 341 g/mol. The Labute approximate surface area is 149 Å². The lowest BCUT2D eigenvalue weighted by molar-refractivity contribution is -0.117. The molecular formula is C19H18FNO5. The fourth-order valence-corrected chi connectivity index (χ4v) is 2.58. The third kappa shape index (κ3) is 3.83. The van der Waals surface area contributed by atoms with Crippen LogP contribution in [0.2, 0.25) is 0 Å². The van der Waals surface area contributed by atoms with Crippen LogP contribution in [0.1, 0.15) is 22.3 Å². The van der Waals surface area contributed by atoms with Crippen molar-refractivity contribution in [2.45, 2.75) is 6.42 Å². The van der Waals surface area contributed by atoms with Gasteiger partial charge in [-0.25, -0.2) is 4.39 Å². The zero-order valence-corrected chi connectivity index (χ0v) is 14.2. The van der Waals surface area contributed by atoms with E-state index in [0.717, 1.165) is 0 Å². The first-order valence-electron chi connectivity index (χ1n) is 8.12. The molecule has 7 heteroatoms. The van der Waals surface area contributed by atoms with Crippen LogP contribution in [-0.2, 0) is 9.53 Å². The number of nitrogens with one attached hydrogen (secondary N) is 1. The van der Waals surface area contributed by atoms with E-state index in [1.807, 2.05) is 0 Å². The molecule has 0 bridgehead atoms. The Balaban J connectivity index is 2.00. The summed E-state index contributed by atoms with van der Waals surface area (Å²) in [6, 6.07) is 8.67. The Morgan fingerprint density at radius 2 is 1.81 bits per heavy atom. The maximum Gasteiger partial charge on any atom is 0.226 e. The van der Waals surface area contributed by atoms with Crippen LogP contribution in [-0.4, -0.2) is 38.6 Å². The highest BCUT2D eigenvalue weighted by Gasteiger charge is 2.23. The molecule has 0 radical (unpaired) electrons. The molecule has 0 saturated heterocycles. The highest BCUT2D eigenvalue weighted by molar-refractivity contribution is 6.14. The number of amides is 1. The van der Waals surface area contributed by atoms with Gasteiger partial charge in [-0.3, -0.25) is 9.59 Å². The van der Waals surface area contributed by atoms with Crippen molar-refractivity contribution >= 4 is 17.4 Å². The van der Waals surface area contributed by atoms with Crippen molar-refractivity contribution in [1.82, 2.24) is 0 Å². The van der Waals surface area contributed by atoms with Crippen LogP contribution in [0.25, 0.3) is 0 Å². The Morgan fingerprint density at radius 3 is 2.50 bits per heavy atom. The number of ketones is 1. The van der Waals surface area contributed by atoms with Crippen molar-refractivity contribution in [3.63, 3.8) is 0 Å². The van der Waals surface area contributed by atoms with Gasteiger partial charge in [0.15, 0.2) is 17.3 Å². The maximum atomic E-state index is 14.0. The molecule has 1 heterocycles. The van der Waals surface area contributed by atoms with E-state index in [1.54, 1.807) is 6.07 Å². The Kier molecular flexibility index (Phi) is 5.48. The molecule has 6 nitrogen and oxygen atoms in total. The fraction of sp³-hybridized carbons (Fsp3) is 0.263. The maximum absolute atomic E-state index is 14.0. The lowest BCUT2D eigenvalue weighted by atomic mass is 10.00. The first-order valence-corrected chi connectivity index (χ1v) is 8.12. The number of ether oxygens (including phenoxy) is 3. The highest BCUT2D eigenvalue weighted by atomic mass is 19.1. The highest BCUT2D eigenvalue weighted by Crippen LogP contribution is 2.36. The number of carbonyl (C=O) groups excluding carboxylic acids is 2. The first kappa shape index (κ1) is 17.9. The Hall–Kier alpha value is -2.93. The van der Waals surface area contributed by atoms with Gasteiger partial charge in [0.05, 0.1) is 29.8 Å². The molecule has 3 rings (SSSR count). The lowest BCUT2D eigenvalue weighted by Gasteiger charge is -2.21. The van der Waals surface area contributed by atoms with Crippen LogP contribution in [0, 0.1) is 5.82 Å². The molecule has 0 fully saturated rings. The van der Waals surface area contributed by atoms with Crippen molar-refractivity contribution in [3.05, 3.63) is 53.3 Å². The summed E-state index contributed by atoms with van der Waals surface area (Å²) in [5, 5.41) is 2.67. The number of hydrogen-bond acceptors (Lipinski definition) is 5. The molecule has 26 heavy (non-hydrogen) atoms. The van der Waals surface area contributed by atoms with E-state index in [1.165, 1.54) is 37.4 Å². The van der Waals surface area contributed by atoms with Gasteiger partial charge < -0.3 is 19.5 Å². The van der Waals surface area contributed by atoms with Crippen LogP contribution < -0.4 is 14.8 Å². The quantitative estimate of drug-likeness (QED) is 0.803. The second-order valence-electron chi connectivity index (χ2n) is 5.64. The van der Waals surface area contributed by atoms with E-state index in [4.69, 9.17) is 14.2 Å². The Bertz CT molecular complexity index is 837. The summed E-state index contributed by atoms with van der Waals surface area (Å²) in [6.45, 7) is 0.956. The third-order valence-electron chi connectivity index (χ3n) is 3.85. The summed E-state index contributed by atoms with van der Waals surface area (Å²) in [7, 11) is 1.49. The van der Waals surface area contributed by atoms with Gasteiger partial charge in [0.1, 0.15) is 19.0 Å². The van der Waals surface area contributed by atoms with Crippen LogP contribution in [0.5, 0.6) is 11.5 Å². The second-order valence-corrected chi connectivity index (χ2v) is 5.64. The summed E-state index contributed by atoms with van der Waals surface area (Å²) in [6.07, 6.45) is 0.123. The predicted molar refractivity (Wildman–Crippen MR) is 92.4 cm³/mol. The molecule has 0 atom stereocenters. The van der Waals surface area contributed by atoms with E-state index in [-0.39, 0.29) is 35.7 Å². The summed E-state index contributed by atoms with van der Waals surface area (Å²) < 4.78 is 29.9. The van der Waals surface area contributed by atoms with Gasteiger partial charge in [-0.15, -0.1) is 0 Å². The molecule has 0 aliphatic carbocycles. The molecule has 2 aromatic carbocycles. The molecule has 1 aliphatic rings. The largest absolute Gasteiger partial charge is 0.486 e. The number of benzene rings is 2. The second kappa shape index (κ2) is 7.97. The first-order chi connectivity index (χ1) is 12.6. The molecule has 2 aromatic rings. The van der Waals surface area contributed by atoms with Crippen molar-refractivity contribution < 1.29 is 28.2 Å². The van der Waals surface area contributed by atoms with Crippen LogP contribution in [0.3, 0.4) is 0 Å². The van der Waals surface area contributed by atoms with E-state index in [2.05, 4.69) is 5.32 Å². The summed E-state index contributed by atoms with van der Waals surface area (Å²) >= 11 is 0. The zero-order valence-electron chi connectivity index (χ0n) is 14.2. The van der Waals surface area contributed by atoms with Gasteiger partial charge >= 0.3 is 0 Å². The summed E-state index contributed by atoms with van der Waals surface area (Å²) in [4.78, 5) is 24.9. The fourth-order valence-electron chi connectivity index (χ4n) is 2.58. The van der Waals surface area contributed by atoms with Gasteiger partial charge in [0, 0.05) is 13.2 Å². The SMILES string of the molecule is COCCC(=O)Nc1cc2c(cc1C(=O)c1ccccc1F)OCCO2. The predicted octanol–water partition coefficient (Wildman–Crippen LogP) is 2.80. The minimum atomic E-state index is -0.635. The molecule has 0 aromatic heterocycles. The van der Waals surface area contributed by atoms with Gasteiger partial charge in [0.2, 0.25) is 5.91 Å². The number of halogens is 1. The number of methoxy groups -OCH3 is 1. The van der Waals surface area contributed by atoms with Gasteiger partial charge in [-0.1, -0.05) is 12.1 Å². The Morgan fingerprint density at radius 1 is 1.12 bits per heavy atom. The lowest BCUT2D eigenvalue weighted by Crippen LogP contribution is -2.20. The van der Waals surface area contributed by atoms with E-state index >= 15 is 0 Å². The topological polar surface area (TPSA) is 73.9 Å². The van der Waals surface area contributed by atoms with E-state index in [0.29, 0.717) is 24.7 Å². The van der Waals surface area contributed by atoms with Crippen LogP contribution in [0.4, 0.5) is 10.1 Å². The van der Waals surface area contributed by atoms with Gasteiger partial charge in [0.25, 0.3) is 0 Å². The smallest absolute Gasteiger partial charge is 0.226 e. The average molecular weight is 359 g/mol. The molecule has 0 spiro atoms. The zero-order chi connectivity index (χ0) is 18.5. The minimum Gasteiger partial charge on any atom is -0.486 e. The molecule has 0 saturated carbocycles. The van der Waals surface area contributed by atoms with Gasteiger partial charge in [-0.05, 0) is 18.2 Å². The van der Waals surface area contributed by atoms with Crippen molar-refractivity contribution in [3.8, 4) is 11.5 Å². The average Bonchev–Trinajstić information content (AvgIpc) is 2.65.